The van der Waals surface area contributed by atoms with Crippen LogP contribution in [0.25, 0.3) is 0 Å². The van der Waals surface area contributed by atoms with Crippen molar-refractivity contribution in [1.29, 1.82) is 0 Å². The molecule has 0 unspecified atom stereocenters. The lowest BCUT2D eigenvalue weighted by Crippen LogP contribution is -2.00. The molecule has 1 aromatic carbocycles. The maximum Gasteiger partial charge on any atom is 0.0826 e. The van der Waals surface area contributed by atoms with Crippen LogP contribution in [0.2, 0.25) is 0 Å². The zero-order valence-corrected chi connectivity index (χ0v) is 9.64. The molecule has 0 atom stereocenters. The van der Waals surface area contributed by atoms with E-state index in [9.17, 15) is 0 Å². The standard InChI is InChI=1S/C13H16N3/c1-10-13(14)12(16(2)15-10)9-8-11-6-4-3-5-7-11/h3-7,9H,8,14H2,1-2H3. The molecule has 1 heterocycles. The van der Waals surface area contributed by atoms with Gasteiger partial charge in [0.1, 0.15) is 0 Å². The van der Waals surface area contributed by atoms with E-state index in [1.54, 1.807) is 0 Å². The van der Waals surface area contributed by atoms with Gasteiger partial charge in [0, 0.05) is 13.5 Å². The Hall–Kier alpha value is -1.77. The van der Waals surface area contributed by atoms with Crippen LogP contribution in [-0.2, 0) is 13.5 Å². The Morgan fingerprint density at radius 1 is 1.31 bits per heavy atom. The lowest BCUT2D eigenvalue weighted by atomic mass is 10.1. The van der Waals surface area contributed by atoms with Crippen molar-refractivity contribution in [2.75, 3.05) is 5.73 Å². The fourth-order valence-corrected chi connectivity index (χ4v) is 1.76. The molecule has 3 heteroatoms. The number of nitrogen functional groups attached to an aromatic ring is 1. The van der Waals surface area contributed by atoms with Crippen molar-refractivity contribution >= 4 is 5.69 Å². The van der Waals surface area contributed by atoms with Gasteiger partial charge in [0.2, 0.25) is 0 Å². The van der Waals surface area contributed by atoms with Crippen LogP contribution in [0.1, 0.15) is 17.0 Å². The number of anilines is 1. The minimum absolute atomic E-state index is 0.776. The van der Waals surface area contributed by atoms with Crippen LogP contribution in [-0.4, -0.2) is 9.78 Å². The van der Waals surface area contributed by atoms with Gasteiger partial charge in [-0.3, -0.25) is 4.68 Å². The summed E-state index contributed by atoms with van der Waals surface area (Å²) in [7, 11) is 1.92. The first-order valence-corrected chi connectivity index (χ1v) is 5.34. The maximum absolute atomic E-state index is 5.95. The summed E-state index contributed by atoms with van der Waals surface area (Å²) in [5, 5.41) is 4.28. The van der Waals surface area contributed by atoms with Gasteiger partial charge in [-0.05, 0) is 18.9 Å². The van der Waals surface area contributed by atoms with Crippen molar-refractivity contribution in [1.82, 2.24) is 9.78 Å². The van der Waals surface area contributed by atoms with Gasteiger partial charge >= 0.3 is 0 Å². The van der Waals surface area contributed by atoms with E-state index in [1.807, 2.05) is 36.9 Å². The van der Waals surface area contributed by atoms with E-state index >= 15 is 0 Å². The smallest absolute Gasteiger partial charge is 0.0826 e. The molecule has 16 heavy (non-hydrogen) atoms. The first-order chi connectivity index (χ1) is 7.68. The van der Waals surface area contributed by atoms with Gasteiger partial charge in [0.25, 0.3) is 0 Å². The number of aromatic nitrogens is 2. The summed E-state index contributed by atoms with van der Waals surface area (Å²) in [6.07, 6.45) is 2.99. The molecule has 83 valence electrons. The van der Waals surface area contributed by atoms with Gasteiger partial charge < -0.3 is 5.73 Å². The zero-order chi connectivity index (χ0) is 11.5. The van der Waals surface area contributed by atoms with Gasteiger partial charge in [0.05, 0.1) is 17.1 Å². The first-order valence-electron chi connectivity index (χ1n) is 5.34. The zero-order valence-electron chi connectivity index (χ0n) is 9.64. The van der Waals surface area contributed by atoms with Crippen LogP contribution in [0.5, 0.6) is 0 Å². The minimum atomic E-state index is 0.776. The predicted molar refractivity (Wildman–Crippen MR) is 65.9 cm³/mol. The van der Waals surface area contributed by atoms with Crippen LogP contribution in [0.4, 0.5) is 5.69 Å². The third kappa shape index (κ3) is 2.08. The summed E-state index contributed by atoms with van der Waals surface area (Å²) >= 11 is 0. The lowest BCUT2D eigenvalue weighted by Gasteiger charge is -2.03. The third-order valence-corrected chi connectivity index (χ3v) is 2.69. The highest BCUT2D eigenvalue weighted by atomic mass is 15.3. The van der Waals surface area contributed by atoms with Gasteiger partial charge in [-0.2, -0.15) is 5.10 Å². The van der Waals surface area contributed by atoms with Crippen molar-refractivity contribution in [3.63, 3.8) is 0 Å². The van der Waals surface area contributed by atoms with Crippen molar-refractivity contribution in [3.05, 3.63) is 53.7 Å². The van der Waals surface area contributed by atoms with Gasteiger partial charge in [-0.1, -0.05) is 30.3 Å². The van der Waals surface area contributed by atoms with Crippen molar-refractivity contribution < 1.29 is 0 Å². The van der Waals surface area contributed by atoms with E-state index in [0.29, 0.717) is 0 Å². The second-order valence-electron chi connectivity index (χ2n) is 3.90. The molecule has 0 saturated heterocycles. The van der Waals surface area contributed by atoms with Crippen molar-refractivity contribution in [2.24, 2.45) is 7.05 Å². The second kappa shape index (κ2) is 4.39. The van der Waals surface area contributed by atoms with E-state index in [2.05, 4.69) is 23.7 Å². The molecule has 0 bridgehead atoms. The van der Waals surface area contributed by atoms with Crippen LogP contribution in [0, 0.1) is 13.3 Å². The minimum Gasteiger partial charge on any atom is -0.396 e. The largest absolute Gasteiger partial charge is 0.396 e. The molecule has 3 nitrogen and oxygen atoms in total. The molecule has 2 N–H and O–H groups in total. The quantitative estimate of drug-likeness (QED) is 0.850. The molecule has 0 spiro atoms. The fourth-order valence-electron chi connectivity index (χ4n) is 1.76. The summed E-state index contributed by atoms with van der Waals surface area (Å²) < 4.78 is 1.83. The Morgan fingerprint density at radius 2 is 2.00 bits per heavy atom. The number of aryl methyl sites for hydroxylation is 2. The molecular weight excluding hydrogens is 198 g/mol. The molecule has 0 aliphatic rings. The average Bonchev–Trinajstić information content (AvgIpc) is 2.53. The Bertz CT molecular complexity index is 471. The highest BCUT2D eigenvalue weighted by molar-refractivity contribution is 5.51. The average molecular weight is 214 g/mol. The lowest BCUT2D eigenvalue weighted by molar-refractivity contribution is 0.732. The highest BCUT2D eigenvalue weighted by Gasteiger charge is 2.09. The normalized spacial score (nSPS) is 10.6. The Kier molecular flexibility index (Phi) is 2.95. The number of benzene rings is 1. The summed E-state index contributed by atoms with van der Waals surface area (Å²) in [6, 6.07) is 10.3. The summed E-state index contributed by atoms with van der Waals surface area (Å²) in [5.74, 6) is 0. The molecule has 1 aromatic heterocycles. The molecule has 0 amide bonds. The van der Waals surface area contributed by atoms with Gasteiger partial charge in [-0.25, -0.2) is 0 Å². The van der Waals surface area contributed by atoms with E-state index in [4.69, 9.17) is 5.73 Å². The topological polar surface area (TPSA) is 43.8 Å². The number of nitrogens with two attached hydrogens (primary N) is 1. The number of rotatable bonds is 3. The SMILES string of the molecule is Cc1nn(C)c([CH]Cc2ccccc2)c1N. The third-order valence-electron chi connectivity index (χ3n) is 2.69. The number of hydrogen-bond acceptors (Lipinski definition) is 2. The highest BCUT2D eigenvalue weighted by Crippen LogP contribution is 2.18. The van der Waals surface area contributed by atoms with E-state index in [-0.39, 0.29) is 0 Å². The molecule has 0 fully saturated rings. The Balaban J connectivity index is 2.11. The Morgan fingerprint density at radius 3 is 2.56 bits per heavy atom. The van der Waals surface area contributed by atoms with Crippen molar-refractivity contribution in [3.8, 4) is 0 Å². The van der Waals surface area contributed by atoms with Gasteiger partial charge in [0.15, 0.2) is 0 Å². The molecule has 2 rings (SSSR count). The summed E-state index contributed by atoms with van der Waals surface area (Å²) in [6.45, 7) is 1.93. The van der Waals surface area contributed by atoms with Gasteiger partial charge in [-0.15, -0.1) is 0 Å². The molecule has 0 saturated carbocycles. The first kappa shape index (κ1) is 10.7. The number of nitrogens with zero attached hydrogens (tertiary/aromatic N) is 2. The molecule has 1 radical (unpaired) electrons. The molecular formula is C13H16N3. The monoisotopic (exact) mass is 214 g/mol. The summed E-state index contributed by atoms with van der Waals surface area (Å²) in [4.78, 5) is 0. The fraction of sp³-hybridized carbons (Fsp3) is 0.231. The van der Waals surface area contributed by atoms with Crippen LogP contribution >= 0.6 is 0 Å². The molecule has 2 aromatic rings. The van der Waals surface area contributed by atoms with Crippen LogP contribution in [0.15, 0.2) is 30.3 Å². The van der Waals surface area contributed by atoms with Crippen molar-refractivity contribution in [2.45, 2.75) is 13.3 Å². The summed E-state index contributed by atoms with van der Waals surface area (Å²) in [5.41, 5.74) is 9.90. The molecule has 0 aliphatic heterocycles. The van der Waals surface area contributed by atoms with Crippen LogP contribution < -0.4 is 5.73 Å². The number of hydrogen-bond donors (Lipinski definition) is 1. The van der Waals surface area contributed by atoms with E-state index in [0.717, 1.165) is 23.5 Å². The Labute approximate surface area is 95.9 Å². The predicted octanol–water partition coefficient (Wildman–Crippen LogP) is 2.11. The van der Waals surface area contributed by atoms with E-state index in [1.165, 1.54) is 5.56 Å². The molecule has 0 aliphatic carbocycles. The maximum atomic E-state index is 5.95. The van der Waals surface area contributed by atoms with Crippen LogP contribution in [0.3, 0.4) is 0 Å². The second-order valence-corrected chi connectivity index (χ2v) is 3.90. The van der Waals surface area contributed by atoms with E-state index < -0.39 is 0 Å².